The fraction of sp³-hybridized carbons (Fsp3) is 0.400. The van der Waals surface area contributed by atoms with Gasteiger partial charge in [-0.05, 0) is 42.6 Å². The first-order chi connectivity index (χ1) is 11.3. The van der Waals surface area contributed by atoms with E-state index in [1.807, 2.05) is 12.1 Å². The third-order valence-corrected chi connectivity index (χ3v) is 3.89. The van der Waals surface area contributed by atoms with Crippen LogP contribution in [0.1, 0.15) is 30.5 Å². The first-order valence-corrected chi connectivity index (χ1v) is 8.32. The Morgan fingerprint density at radius 3 is 2.35 bits per heavy atom. The molecule has 124 valence electrons. The predicted molar refractivity (Wildman–Crippen MR) is 95.0 cm³/mol. The molecule has 2 aromatic carbocycles. The van der Waals surface area contributed by atoms with Crippen molar-refractivity contribution in [3.8, 4) is 5.75 Å². The number of rotatable bonds is 10. The van der Waals surface area contributed by atoms with Gasteiger partial charge in [0, 0.05) is 13.2 Å². The molecule has 0 saturated heterocycles. The zero-order chi connectivity index (χ0) is 16.3. The topological polar surface area (TPSA) is 30.5 Å². The van der Waals surface area contributed by atoms with Crippen LogP contribution in [0.3, 0.4) is 0 Å². The zero-order valence-corrected chi connectivity index (χ0v) is 14.1. The molecule has 0 saturated carbocycles. The fourth-order valence-electron chi connectivity index (χ4n) is 2.57. The van der Waals surface area contributed by atoms with Crippen LogP contribution in [-0.2, 0) is 11.2 Å². The van der Waals surface area contributed by atoms with Gasteiger partial charge in [0.25, 0.3) is 0 Å². The van der Waals surface area contributed by atoms with E-state index in [1.54, 1.807) is 7.11 Å². The minimum absolute atomic E-state index is 0.381. The van der Waals surface area contributed by atoms with Crippen molar-refractivity contribution in [3.05, 3.63) is 65.7 Å². The van der Waals surface area contributed by atoms with E-state index in [-0.39, 0.29) is 0 Å². The molecule has 2 aromatic rings. The summed E-state index contributed by atoms with van der Waals surface area (Å²) in [7, 11) is 1.68. The van der Waals surface area contributed by atoms with Crippen molar-refractivity contribution in [1.82, 2.24) is 5.32 Å². The van der Waals surface area contributed by atoms with Gasteiger partial charge in [-0.1, -0.05) is 49.4 Å². The largest absolute Gasteiger partial charge is 0.491 e. The SMILES string of the molecule is CCC(NCCc1ccccc1)c1ccc(OCCOC)cc1. The van der Waals surface area contributed by atoms with Crippen LogP contribution in [-0.4, -0.2) is 26.9 Å². The molecule has 0 radical (unpaired) electrons. The standard InChI is InChI=1S/C20H27NO2/c1-3-20(21-14-13-17-7-5-4-6-8-17)18-9-11-19(12-10-18)23-16-15-22-2/h4-12,20-21H,3,13-16H2,1-2H3. The molecule has 3 heteroatoms. The average Bonchev–Trinajstić information content (AvgIpc) is 2.61. The lowest BCUT2D eigenvalue weighted by molar-refractivity contribution is 0.146. The Bertz CT molecular complexity index is 539. The molecular weight excluding hydrogens is 286 g/mol. The van der Waals surface area contributed by atoms with Crippen LogP contribution in [0.5, 0.6) is 5.75 Å². The summed E-state index contributed by atoms with van der Waals surface area (Å²) < 4.78 is 10.6. The van der Waals surface area contributed by atoms with Gasteiger partial charge in [0.2, 0.25) is 0 Å². The van der Waals surface area contributed by atoms with Crippen LogP contribution in [0, 0.1) is 0 Å². The van der Waals surface area contributed by atoms with Gasteiger partial charge in [-0.15, -0.1) is 0 Å². The molecule has 1 unspecified atom stereocenters. The van der Waals surface area contributed by atoms with E-state index in [2.05, 4.69) is 54.7 Å². The maximum absolute atomic E-state index is 5.61. The van der Waals surface area contributed by atoms with Gasteiger partial charge in [-0.3, -0.25) is 0 Å². The van der Waals surface area contributed by atoms with Gasteiger partial charge in [-0.25, -0.2) is 0 Å². The van der Waals surface area contributed by atoms with Crippen molar-refractivity contribution in [2.45, 2.75) is 25.8 Å². The second-order valence-electron chi connectivity index (χ2n) is 5.56. The monoisotopic (exact) mass is 313 g/mol. The predicted octanol–water partition coefficient (Wildman–Crippen LogP) is 4.00. The third kappa shape index (κ3) is 6.05. The summed E-state index contributed by atoms with van der Waals surface area (Å²) in [5.41, 5.74) is 2.68. The van der Waals surface area contributed by atoms with Crippen molar-refractivity contribution in [2.24, 2.45) is 0 Å². The van der Waals surface area contributed by atoms with Crippen LogP contribution < -0.4 is 10.1 Å². The second kappa shape index (κ2) is 10.0. The Balaban J connectivity index is 1.82. The van der Waals surface area contributed by atoms with E-state index in [4.69, 9.17) is 9.47 Å². The number of methoxy groups -OCH3 is 1. The number of hydrogen-bond acceptors (Lipinski definition) is 3. The van der Waals surface area contributed by atoms with Crippen LogP contribution in [0.15, 0.2) is 54.6 Å². The summed E-state index contributed by atoms with van der Waals surface area (Å²) in [4.78, 5) is 0. The van der Waals surface area contributed by atoms with Crippen LogP contribution in [0.4, 0.5) is 0 Å². The first-order valence-electron chi connectivity index (χ1n) is 8.32. The van der Waals surface area contributed by atoms with Crippen LogP contribution in [0.2, 0.25) is 0 Å². The van der Waals surface area contributed by atoms with E-state index < -0.39 is 0 Å². The molecule has 1 atom stereocenters. The number of ether oxygens (including phenoxy) is 2. The molecular formula is C20H27NO2. The molecule has 0 aliphatic carbocycles. The maximum atomic E-state index is 5.61. The van der Waals surface area contributed by atoms with E-state index in [0.29, 0.717) is 19.3 Å². The second-order valence-corrected chi connectivity index (χ2v) is 5.56. The number of benzene rings is 2. The Kier molecular flexibility index (Phi) is 7.64. The lowest BCUT2D eigenvalue weighted by atomic mass is 10.0. The molecule has 0 fully saturated rings. The Hall–Kier alpha value is -1.84. The molecule has 1 N–H and O–H groups in total. The van der Waals surface area contributed by atoms with Gasteiger partial charge in [-0.2, -0.15) is 0 Å². The van der Waals surface area contributed by atoms with Crippen molar-refractivity contribution < 1.29 is 9.47 Å². The summed E-state index contributed by atoms with van der Waals surface area (Å²) >= 11 is 0. The van der Waals surface area contributed by atoms with Crippen molar-refractivity contribution in [2.75, 3.05) is 26.9 Å². The van der Waals surface area contributed by atoms with Crippen molar-refractivity contribution in [3.63, 3.8) is 0 Å². The first kappa shape index (κ1) is 17.5. The summed E-state index contributed by atoms with van der Waals surface area (Å²) in [5.74, 6) is 0.893. The van der Waals surface area contributed by atoms with E-state index in [0.717, 1.165) is 25.1 Å². The lowest BCUT2D eigenvalue weighted by Crippen LogP contribution is -2.23. The van der Waals surface area contributed by atoms with Gasteiger partial charge in [0.1, 0.15) is 12.4 Å². The molecule has 3 nitrogen and oxygen atoms in total. The van der Waals surface area contributed by atoms with E-state index in [9.17, 15) is 0 Å². The number of nitrogens with one attached hydrogen (secondary N) is 1. The summed E-state index contributed by atoms with van der Waals surface area (Å²) in [6, 6.07) is 19.3. The Morgan fingerprint density at radius 2 is 1.70 bits per heavy atom. The quantitative estimate of drug-likeness (QED) is 0.673. The Morgan fingerprint density at radius 1 is 0.957 bits per heavy atom. The van der Waals surface area contributed by atoms with Crippen LogP contribution in [0.25, 0.3) is 0 Å². The highest BCUT2D eigenvalue weighted by Gasteiger charge is 2.08. The molecule has 23 heavy (non-hydrogen) atoms. The van der Waals surface area contributed by atoms with E-state index >= 15 is 0 Å². The highest BCUT2D eigenvalue weighted by atomic mass is 16.5. The highest BCUT2D eigenvalue weighted by molar-refractivity contribution is 5.29. The van der Waals surface area contributed by atoms with Gasteiger partial charge in [0.05, 0.1) is 6.61 Å². The van der Waals surface area contributed by atoms with Gasteiger partial charge in [0.15, 0.2) is 0 Å². The molecule has 0 aliphatic heterocycles. The van der Waals surface area contributed by atoms with Gasteiger partial charge < -0.3 is 14.8 Å². The highest BCUT2D eigenvalue weighted by Crippen LogP contribution is 2.20. The Labute approximate surface area is 139 Å². The normalized spacial score (nSPS) is 12.1. The average molecular weight is 313 g/mol. The molecule has 0 spiro atoms. The molecule has 0 heterocycles. The van der Waals surface area contributed by atoms with E-state index in [1.165, 1.54) is 11.1 Å². The smallest absolute Gasteiger partial charge is 0.119 e. The van der Waals surface area contributed by atoms with Gasteiger partial charge >= 0.3 is 0 Å². The molecule has 0 bridgehead atoms. The fourth-order valence-corrected chi connectivity index (χ4v) is 2.57. The molecule has 0 amide bonds. The minimum Gasteiger partial charge on any atom is -0.491 e. The van der Waals surface area contributed by atoms with Crippen molar-refractivity contribution >= 4 is 0 Å². The summed E-state index contributed by atoms with van der Waals surface area (Å²) in [6.07, 6.45) is 2.12. The third-order valence-electron chi connectivity index (χ3n) is 3.89. The van der Waals surface area contributed by atoms with Crippen molar-refractivity contribution in [1.29, 1.82) is 0 Å². The lowest BCUT2D eigenvalue weighted by Gasteiger charge is -2.18. The summed E-state index contributed by atoms with van der Waals surface area (Å²) in [5, 5.41) is 3.65. The molecule has 0 aromatic heterocycles. The molecule has 0 aliphatic rings. The molecule has 2 rings (SSSR count). The summed E-state index contributed by atoms with van der Waals surface area (Å²) in [6.45, 7) is 4.39. The zero-order valence-electron chi connectivity index (χ0n) is 14.1. The maximum Gasteiger partial charge on any atom is 0.119 e. The minimum atomic E-state index is 0.381. The number of hydrogen-bond donors (Lipinski definition) is 1. The van der Waals surface area contributed by atoms with Crippen LogP contribution >= 0.6 is 0 Å².